The van der Waals surface area contributed by atoms with Crippen LogP contribution in [0.3, 0.4) is 0 Å². The molecule has 116 valence electrons. The SMILES string of the molecule is Cc1cc(C2CCCN2C(=O)CCC2CCCCN2)on1. The molecule has 1 N–H and O–H groups in total. The molecule has 21 heavy (non-hydrogen) atoms. The van der Waals surface area contributed by atoms with Crippen LogP contribution in [0.5, 0.6) is 0 Å². The molecule has 3 heterocycles. The van der Waals surface area contributed by atoms with Crippen molar-refractivity contribution in [1.82, 2.24) is 15.4 Å². The first-order valence-electron chi connectivity index (χ1n) is 8.20. The Hall–Kier alpha value is -1.36. The van der Waals surface area contributed by atoms with Crippen LogP contribution in [0.1, 0.15) is 62.4 Å². The number of hydrogen-bond acceptors (Lipinski definition) is 4. The quantitative estimate of drug-likeness (QED) is 0.926. The maximum absolute atomic E-state index is 12.5. The third-order valence-corrected chi connectivity index (χ3v) is 4.67. The van der Waals surface area contributed by atoms with Crippen LogP contribution in [0.2, 0.25) is 0 Å². The number of amides is 1. The Labute approximate surface area is 126 Å². The first-order chi connectivity index (χ1) is 10.2. The van der Waals surface area contributed by atoms with Crippen molar-refractivity contribution in [1.29, 1.82) is 0 Å². The number of carbonyl (C=O) groups excluding carboxylic acids is 1. The van der Waals surface area contributed by atoms with E-state index < -0.39 is 0 Å². The van der Waals surface area contributed by atoms with E-state index >= 15 is 0 Å². The third kappa shape index (κ3) is 3.46. The van der Waals surface area contributed by atoms with E-state index in [1.54, 1.807) is 0 Å². The van der Waals surface area contributed by atoms with Crippen LogP contribution in [0.25, 0.3) is 0 Å². The average molecular weight is 291 g/mol. The zero-order valence-corrected chi connectivity index (χ0v) is 12.8. The molecule has 0 aromatic carbocycles. The number of carbonyl (C=O) groups is 1. The minimum atomic E-state index is 0.0954. The molecule has 2 atom stereocenters. The molecule has 2 fully saturated rings. The number of nitrogens with one attached hydrogen (secondary N) is 1. The summed E-state index contributed by atoms with van der Waals surface area (Å²) in [5.41, 5.74) is 0.885. The number of aryl methyl sites for hydroxylation is 1. The fourth-order valence-corrected chi connectivity index (χ4v) is 3.51. The zero-order chi connectivity index (χ0) is 14.7. The van der Waals surface area contributed by atoms with E-state index in [0.717, 1.165) is 43.8 Å². The second-order valence-electron chi connectivity index (χ2n) is 6.30. The largest absolute Gasteiger partial charge is 0.359 e. The van der Waals surface area contributed by atoms with Crippen LogP contribution in [0, 0.1) is 6.92 Å². The summed E-state index contributed by atoms with van der Waals surface area (Å²) >= 11 is 0. The fourth-order valence-electron chi connectivity index (χ4n) is 3.51. The van der Waals surface area contributed by atoms with Crippen molar-refractivity contribution in [3.05, 3.63) is 17.5 Å². The van der Waals surface area contributed by atoms with Crippen LogP contribution in [0.15, 0.2) is 10.6 Å². The van der Waals surface area contributed by atoms with Gasteiger partial charge >= 0.3 is 0 Å². The molecule has 1 aromatic heterocycles. The lowest BCUT2D eigenvalue weighted by molar-refractivity contribution is -0.132. The predicted octanol–water partition coefficient (Wildman–Crippen LogP) is 2.57. The van der Waals surface area contributed by atoms with Crippen molar-refractivity contribution < 1.29 is 9.32 Å². The molecule has 3 rings (SSSR count). The second-order valence-corrected chi connectivity index (χ2v) is 6.30. The normalized spacial score (nSPS) is 26.2. The van der Waals surface area contributed by atoms with Crippen LogP contribution >= 0.6 is 0 Å². The summed E-state index contributed by atoms with van der Waals surface area (Å²) in [5.74, 6) is 1.10. The molecule has 0 saturated carbocycles. The molecule has 0 aliphatic carbocycles. The van der Waals surface area contributed by atoms with Crippen molar-refractivity contribution in [3.63, 3.8) is 0 Å². The smallest absolute Gasteiger partial charge is 0.223 e. The van der Waals surface area contributed by atoms with Gasteiger partial charge in [0.05, 0.1) is 11.7 Å². The van der Waals surface area contributed by atoms with Gasteiger partial charge < -0.3 is 14.7 Å². The van der Waals surface area contributed by atoms with Gasteiger partial charge in [-0.3, -0.25) is 4.79 Å². The van der Waals surface area contributed by atoms with E-state index in [1.807, 2.05) is 17.9 Å². The van der Waals surface area contributed by atoms with Gasteiger partial charge in [0.15, 0.2) is 5.76 Å². The first-order valence-corrected chi connectivity index (χ1v) is 8.20. The monoisotopic (exact) mass is 291 g/mol. The molecular weight excluding hydrogens is 266 g/mol. The van der Waals surface area contributed by atoms with Gasteiger partial charge in [-0.25, -0.2) is 0 Å². The highest BCUT2D eigenvalue weighted by Gasteiger charge is 2.32. The predicted molar refractivity (Wildman–Crippen MR) is 79.8 cm³/mol. The molecule has 0 bridgehead atoms. The van der Waals surface area contributed by atoms with Gasteiger partial charge in [0.25, 0.3) is 0 Å². The minimum absolute atomic E-state index is 0.0954. The summed E-state index contributed by atoms with van der Waals surface area (Å²) in [6, 6.07) is 2.58. The molecule has 2 saturated heterocycles. The van der Waals surface area contributed by atoms with Crippen molar-refractivity contribution >= 4 is 5.91 Å². The summed E-state index contributed by atoms with van der Waals surface area (Å²) in [4.78, 5) is 14.5. The van der Waals surface area contributed by atoms with Crippen molar-refractivity contribution in [2.45, 2.75) is 64.0 Å². The Bertz CT molecular complexity index is 480. The number of hydrogen-bond donors (Lipinski definition) is 1. The molecule has 2 unspecified atom stereocenters. The molecule has 5 heteroatoms. The van der Waals surface area contributed by atoms with Crippen molar-refractivity contribution in [2.24, 2.45) is 0 Å². The van der Waals surface area contributed by atoms with E-state index in [9.17, 15) is 4.79 Å². The lowest BCUT2D eigenvalue weighted by atomic mass is 10.00. The minimum Gasteiger partial charge on any atom is -0.359 e. The topological polar surface area (TPSA) is 58.4 Å². The van der Waals surface area contributed by atoms with Gasteiger partial charge in [0.2, 0.25) is 5.91 Å². The number of likely N-dealkylation sites (tertiary alicyclic amines) is 1. The molecular formula is C16H25N3O2. The van der Waals surface area contributed by atoms with Crippen LogP contribution in [-0.4, -0.2) is 35.1 Å². The lowest BCUT2D eigenvalue weighted by Gasteiger charge is -2.26. The fraction of sp³-hybridized carbons (Fsp3) is 0.750. The Balaban J connectivity index is 1.55. The highest BCUT2D eigenvalue weighted by atomic mass is 16.5. The molecule has 2 aliphatic rings. The summed E-state index contributed by atoms with van der Waals surface area (Å²) in [7, 11) is 0. The molecule has 1 aromatic rings. The van der Waals surface area contributed by atoms with Gasteiger partial charge in [-0.15, -0.1) is 0 Å². The maximum Gasteiger partial charge on any atom is 0.223 e. The molecule has 0 spiro atoms. The molecule has 1 amide bonds. The Morgan fingerprint density at radius 2 is 2.33 bits per heavy atom. The Morgan fingerprint density at radius 3 is 3.05 bits per heavy atom. The molecule has 2 aliphatic heterocycles. The summed E-state index contributed by atoms with van der Waals surface area (Å²) < 4.78 is 5.37. The van der Waals surface area contributed by atoms with Crippen molar-refractivity contribution in [3.8, 4) is 0 Å². The summed E-state index contributed by atoms with van der Waals surface area (Å²) in [6.45, 7) is 3.87. The van der Waals surface area contributed by atoms with Gasteiger partial charge in [-0.05, 0) is 45.6 Å². The third-order valence-electron chi connectivity index (χ3n) is 4.67. The standard InChI is InChI=1S/C16H25N3O2/c1-12-11-15(21-18-12)14-6-4-10-19(14)16(20)8-7-13-5-2-3-9-17-13/h11,13-14,17H,2-10H2,1H3. The molecule has 5 nitrogen and oxygen atoms in total. The summed E-state index contributed by atoms with van der Waals surface area (Å²) in [6.07, 6.45) is 7.40. The van der Waals surface area contributed by atoms with Crippen molar-refractivity contribution in [2.75, 3.05) is 13.1 Å². The van der Waals surface area contributed by atoms with E-state index in [-0.39, 0.29) is 11.9 Å². The van der Waals surface area contributed by atoms with Gasteiger partial charge in [-0.2, -0.15) is 0 Å². The number of nitrogens with zero attached hydrogens (tertiary/aromatic N) is 2. The maximum atomic E-state index is 12.5. The zero-order valence-electron chi connectivity index (χ0n) is 12.8. The van der Waals surface area contributed by atoms with E-state index in [4.69, 9.17) is 4.52 Å². The highest BCUT2D eigenvalue weighted by Crippen LogP contribution is 2.33. The van der Waals surface area contributed by atoms with E-state index in [2.05, 4.69) is 10.5 Å². The van der Waals surface area contributed by atoms with E-state index in [1.165, 1.54) is 19.3 Å². The Kier molecular flexibility index (Phi) is 4.58. The highest BCUT2D eigenvalue weighted by molar-refractivity contribution is 5.77. The van der Waals surface area contributed by atoms with Gasteiger partial charge in [0, 0.05) is 25.1 Å². The van der Waals surface area contributed by atoms with Gasteiger partial charge in [-0.1, -0.05) is 11.6 Å². The molecule has 0 radical (unpaired) electrons. The Morgan fingerprint density at radius 1 is 1.43 bits per heavy atom. The second kappa shape index (κ2) is 6.60. The van der Waals surface area contributed by atoms with E-state index in [0.29, 0.717) is 12.5 Å². The summed E-state index contributed by atoms with van der Waals surface area (Å²) in [5, 5.41) is 7.46. The van der Waals surface area contributed by atoms with Crippen LogP contribution in [-0.2, 0) is 4.79 Å². The van der Waals surface area contributed by atoms with Crippen LogP contribution in [0.4, 0.5) is 0 Å². The first kappa shape index (κ1) is 14.6. The van der Waals surface area contributed by atoms with Gasteiger partial charge in [0.1, 0.15) is 0 Å². The average Bonchev–Trinajstić information content (AvgIpc) is 3.14. The number of piperidine rings is 1. The lowest BCUT2D eigenvalue weighted by Crippen LogP contribution is -2.36. The number of aromatic nitrogens is 1. The number of rotatable bonds is 4. The van der Waals surface area contributed by atoms with Crippen LogP contribution < -0.4 is 5.32 Å².